The largest absolute Gasteiger partial charge is 0.496 e. The number of aromatic amines is 1. The first-order valence-corrected chi connectivity index (χ1v) is 11.4. The van der Waals surface area contributed by atoms with Gasteiger partial charge in [0.1, 0.15) is 23.8 Å². The molecule has 0 spiro atoms. The van der Waals surface area contributed by atoms with Crippen LogP contribution in [0.4, 0.5) is 11.4 Å². The number of aromatic nitrogens is 2. The van der Waals surface area contributed by atoms with Crippen LogP contribution in [0.25, 0.3) is 11.0 Å². The third kappa shape index (κ3) is 4.85. The molecule has 2 heterocycles. The summed E-state index contributed by atoms with van der Waals surface area (Å²) in [6.45, 7) is 1.97. The van der Waals surface area contributed by atoms with Gasteiger partial charge < -0.3 is 19.9 Å². The average molecular weight is 520 g/mol. The number of aryl methyl sites for hydroxylation is 1. The van der Waals surface area contributed by atoms with Crippen molar-refractivity contribution in [2.75, 3.05) is 31.0 Å². The Labute approximate surface area is 219 Å². The lowest BCUT2D eigenvalue weighted by molar-refractivity contribution is -0.128. The maximum absolute atomic E-state index is 13.6. The van der Waals surface area contributed by atoms with Crippen molar-refractivity contribution in [2.45, 2.75) is 13.3 Å². The van der Waals surface area contributed by atoms with Crippen molar-refractivity contribution in [2.24, 2.45) is 0 Å². The number of hydrogen-bond donors (Lipinski definition) is 2. The fourth-order valence-electron chi connectivity index (χ4n) is 4.38. The number of methoxy groups -OCH3 is 1. The Kier molecular flexibility index (Phi) is 7.17. The summed E-state index contributed by atoms with van der Waals surface area (Å²) in [5.41, 5.74) is 4.13. The number of anilines is 2. The summed E-state index contributed by atoms with van der Waals surface area (Å²) in [6.07, 6.45) is 0.223. The monoisotopic (exact) mass is 519 g/mol. The Morgan fingerprint density at radius 3 is 2.65 bits per heavy atom. The Balaban J connectivity index is 0.00000320. The predicted octanol–water partition coefficient (Wildman–Crippen LogP) is 4.17. The van der Waals surface area contributed by atoms with E-state index < -0.39 is 0 Å². The quantitative estimate of drug-likeness (QED) is 0.421. The van der Waals surface area contributed by atoms with Crippen molar-refractivity contribution in [3.05, 3.63) is 83.2 Å². The van der Waals surface area contributed by atoms with Crippen LogP contribution >= 0.6 is 12.4 Å². The third-order valence-corrected chi connectivity index (χ3v) is 6.22. The van der Waals surface area contributed by atoms with Crippen molar-refractivity contribution in [3.8, 4) is 5.75 Å². The highest BCUT2D eigenvalue weighted by molar-refractivity contribution is 6.12. The molecule has 0 saturated heterocycles. The Morgan fingerprint density at radius 2 is 1.86 bits per heavy atom. The molecule has 0 unspecified atom stereocenters. The summed E-state index contributed by atoms with van der Waals surface area (Å²) >= 11 is 0. The first-order chi connectivity index (χ1) is 17.4. The minimum atomic E-state index is -0.385. The zero-order chi connectivity index (χ0) is 25.4. The highest BCUT2D eigenvalue weighted by Crippen LogP contribution is 2.29. The highest BCUT2D eigenvalue weighted by Gasteiger charge is 2.28. The molecule has 0 saturated carbocycles. The number of H-pyrrole nitrogens is 1. The molecular formula is C27H26ClN5O4. The molecule has 4 aromatic rings. The predicted molar refractivity (Wildman–Crippen MR) is 144 cm³/mol. The normalized spacial score (nSPS) is 13.0. The third-order valence-electron chi connectivity index (χ3n) is 6.22. The van der Waals surface area contributed by atoms with Crippen LogP contribution in [0, 0.1) is 6.92 Å². The van der Waals surface area contributed by atoms with Crippen molar-refractivity contribution in [1.82, 2.24) is 14.9 Å². The first-order valence-electron chi connectivity index (χ1n) is 11.4. The highest BCUT2D eigenvalue weighted by atomic mass is 35.5. The topological polar surface area (TPSA) is 108 Å². The maximum atomic E-state index is 13.6. The van der Waals surface area contributed by atoms with E-state index in [4.69, 9.17) is 4.74 Å². The van der Waals surface area contributed by atoms with E-state index >= 15 is 0 Å². The zero-order valence-corrected chi connectivity index (χ0v) is 21.4. The number of rotatable bonds is 4. The van der Waals surface area contributed by atoms with Crippen LogP contribution in [0.5, 0.6) is 5.75 Å². The number of amides is 3. The number of ether oxygens (including phenoxy) is 1. The van der Waals surface area contributed by atoms with Gasteiger partial charge >= 0.3 is 0 Å². The zero-order valence-electron chi connectivity index (χ0n) is 20.6. The summed E-state index contributed by atoms with van der Waals surface area (Å²) < 4.78 is 5.49. The molecule has 1 aromatic heterocycles. The van der Waals surface area contributed by atoms with Gasteiger partial charge in [-0.3, -0.25) is 19.3 Å². The van der Waals surface area contributed by atoms with Gasteiger partial charge in [-0.1, -0.05) is 24.3 Å². The maximum Gasteiger partial charge on any atom is 0.259 e. The summed E-state index contributed by atoms with van der Waals surface area (Å²) in [5.74, 6) is 0.255. The van der Waals surface area contributed by atoms with Crippen LogP contribution in [0.1, 0.15) is 32.1 Å². The average Bonchev–Trinajstić information content (AvgIpc) is 3.22. The van der Waals surface area contributed by atoms with Gasteiger partial charge in [-0.15, -0.1) is 12.4 Å². The molecule has 3 aromatic carbocycles. The number of para-hydroxylation sites is 2. The van der Waals surface area contributed by atoms with Gasteiger partial charge in [0.15, 0.2) is 0 Å². The first kappa shape index (κ1) is 25.7. The summed E-state index contributed by atoms with van der Waals surface area (Å²) in [5, 5.41) is 2.89. The second-order valence-corrected chi connectivity index (χ2v) is 8.66. The van der Waals surface area contributed by atoms with Gasteiger partial charge in [-0.25, -0.2) is 4.98 Å². The standard InChI is InChI=1S/C27H25N5O4.ClH/c1-16-28-20-8-6-9-21(25(20)29-16)30-26(34)19-12-11-18(13-23(19)36-3)27(35)32-15-31(2)24(33)14-17-7-4-5-10-22(17)32;/h4-13H,14-15H2,1-3H3,(H,28,29)(H,30,34);1H. The lowest BCUT2D eigenvalue weighted by atomic mass is 10.1. The van der Waals surface area contributed by atoms with Crippen LogP contribution in [-0.2, 0) is 11.2 Å². The van der Waals surface area contributed by atoms with E-state index in [1.54, 1.807) is 36.2 Å². The van der Waals surface area contributed by atoms with Gasteiger partial charge in [0.2, 0.25) is 5.91 Å². The summed E-state index contributed by atoms with van der Waals surface area (Å²) in [7, 11) is 3.12. The lowest BCUT2D eigenvalue weighted by Gasteiger charge is -2.26. The SMILES string of the molecule is COc1cc(C(=O)N2CN(C)C(=O)Cc3ccccc32)ccc1C(=O)Nc1cccc2[nH]c(C)nc12.Cl. The summed E-state index contributed by atoms with van der Waals surface area (Å²) in [4.78, 5) is 49.9. The van der Waals surface area contributed by atoms with Crippen LogP contribution in [0.2, 0.25) is 0 Å². The fourth-order valence-corrected chi connectivity index (χ4v) is 4.38. The molecule has 1 aliphatic rings. The van der Waals surface area contributed by atoms with Gasteiger partial charge in [0.05, 0.1) is 30.3 Å². The number of fused-ring (bicyclic) bond motifs is 2. The van der Waals surface area contributed by atoms with E-state index in [9.17, 15) is 14.4 Å². The van der Waals surface area contributed by atoms with Gasteiger partial charge in [-0.2, -0.15) is 0 Å². The molecule has 0 bridgehead atoms. The molecule has 37 heavy (non-hydrogen) atoms. The van der Waals surface area contributed by atoms with Gasteiger partial charge in [-0.05, 0) is 48.9 Å². The molecule has 1 aliphatic heterocycles. The van der Waals surface area contributed by atoms with E-state index in [-0.39, 0.29) is 54.5 Å². The number of hydrogen-bond acceptors (Lipinski definition) is 5. The van der Waals surface area contributed by atoms with E-state index in [1.807, 2.05) is 43.3 Å². The van der Waals surface area contributed by atoms with Crippen molar-refractivity contribution in [3.63, 3.8) is 0 Å². The molecule has 2 N–H and O–H groups in total. The van der Waals surface area contributed by atoms with E-state index in [0.29, 0.717) is 22.5 Å². The minimum Gasteiger partial charge on any atom is -0.496 e. The summed E-state index contributed by atoms with van der Waals surface area (Å²) in [6, 6.07) is 17.6. The molecule has 0 aliphatic carbocycles. The molecule has 190 valence electrons. The number of nitrogens with one attached hydrogen (secondary N) is 2. The van der Waals surface area contributed by atoms with Crippen molar-refractivity contribution < 1.29 is 19.1 Å². The second-order valence-electron chi connectivity index (χ2n) is 8.66. The minimum absolute atomic E-state index is 0. The van der Waals surface area contributed by atoms with Crippen LogP contribution < -0.4 is 15.0 Å². The number of carbonyl (C=O) groups excluding carboxylic acids is 3. The Morgan fingerprint density at radius 1 is 1.08 bits per heavy atom. The molecule has 0 atom stereocenters. The van der Waals surface area contributed by atoms with E-state index in [0.717, 1.165) is 16.9 Å². The molecule has 10 heteroatoms. The second kappa shape index (κ2) is 10.3. The molecule has 9 nitrogen and oxygen atoms in total. The van der Waals surface area contributed by atoms with Gasteiger partial charge in [0, 0.05) is 18.3 Å². The van der Waals surface area contributed by atoms with E-state index in [1.165, 1.54) is 12.0 Å². The van der Waals surface area contributed by atoms with Crippen molar-refractivity contribution in [1.29, 1.82) is 0 Å². The number of imidazole rings is 1. The Bertz CT molecular complexity index is 1520. The van der Waals surface area contributed by atoms with Crippen LogP contribution in [-0.4, -0.2) is 53.4 Å². The number of likely N-dealkylation sites (N-methyl/N-ethyl adjacent to an activating group) is 1. The number of halogens is 1. The van der Waals surface area contributed by atoms with Crippen LogP contribution in [0.15, 0.2) is 60.7 Å². The van der Waals surface area contributed by atoms with E-state index in [2.05, 4.69) is 15.3 Å². The van der Waals surface area contributed by atoms with Crippen molar-refractivity contribution >= 4 is 52.5 Å². The lowest BCUT2D eigenvalue weighted by Crippen LogP contribution is -2.41. The molecule has 0 radical (unpaired) electrons. The van der Waals surface area contributed by atoms with Gasteiger partial charge in [0.25, 0.3) is 11.8 Å². The molecule has 5 rings (SSSR count). The molecular weight excluding hydrogens is 494 g/mol. The molecule has 3 amide bonds. The fraction of sp³-hybridized carbons (Fsp3) is 0.185. The number of benzene rings is 3. The number of carbonyl (C=O) groups is 3. The Hall–Kier alpha value is -4.37. The van der Waals surface area contributed by atoms with Crippen LogP contribution in [0.3, 0.4) is 0 Å². The number of nitrogens with zero attached hydrogens (tertiary/aromatic N) is 3. The molecule has 0 fully saturated rings. The smallest absolute Gasteiger partial charge is 0.259 e.